The number of fused-ring (bicyclic) bond motifs is 1. The smallest absolute Gasteiger partial charge is 0.264 e. The second-order valence-corrected chi connectivity index (χ2v) is 12.1. The van der Waals surface area contributed by atoms with E-state index in [2.05, 4.69) is 19.7 Å². The Labute approximate surface area is 242 Å². The third kappa shape index (κ3) is 6.37. The fourth-order valence-electron chi connectivity index (χ4n) is 4.28. The molecule has 0 spiro atoms. The van der Waals surface area contributed by atoms with Crippen molar-refractivity contribution in [2.24, 2.45) is 0 Å². The van der Waals surface area contributed by atoms with Crippen LogP contribution in [0.2, 0.25) is 0 Å². The van der Waals surface area contributed by atoms with Crippen molar-refractivity contribution in [1.29, 1.82) is 0 Å². The summed E-state index contributed by atoms with van der Waals surface area (Å²) in [6.07, 6.45) is 5.06. The van der Waals surface area contributed by atoms with Crippen LogP contribution in [0.15, 0.2) is 84.1 Å². The summed E-state index contributed by atoms with van der Waals surface area (Å²) in [7, 11) is -3.09. The zero-order chi connectivity index (χ0) is 30.1. The van der Waals surface area contributed by atoms with E-state index in [-0.39, 0.29) is 17.2 Å². The predicted molar refractivity (Wildman–Crippen MR) is 156 cm³/mol. The van der Waals surface area contributed by atoms with E-state index in [1.165, 1.54) is 19.4 Å². The topological polar surface area (TPSA) is 103 Å². The lowest BCUT2D eigenvalue weighted by atomic mass is 9.98. The van der Waals surface area contributed by atoms with Gasteiger partial charge in [-0.3, -0.25) is 14.7 Å². The van der Waals surface area contributed by atoms with Crippen molar-refractivity contribution in [3.8, 4) is 28.1 Å². The number of nitrogens with zero attached hydrogens (tertiary/aromatic N) is 3. The van der Waals surface area contributed by atoms with Crippen molar-refractivity contribution in [3.05, 3.63) is 96.6 Å². The summed E-state index contributed by atoms with van der Waals surface area (Å²) >= 11 is 0. The van der Waals surface area contributed by atoms with Gasteiger partial charge in [-0.25, -0.2) is 22.2 Å². The molecule has 2 aromatic carbocycles. The van der Waals surface area contributed by atoms with E-state index in [1.807, 2.05) is 57.2 Å². The van der Waals surface area contributed by atoms with Crippen LogP contribution in [0.25, 0.3) is 33.2 Å². The van der Waals surface area contributed by atoms with Crippen molar-refractivity contribution in [2.75, 3.05) is 11.8 Å². The Bertz CT molecular complexity index is 1880. The van der Waals surface area contributed by atoms with Gasteiger partial charge < -0.3 is 9.47 Å². The van der Waals surface area contributed by atoms with Crippen LogP contribution in [0.4, 0.5) is 14.5 Å². The third-order valence-corrected chi connectivity index (χ3v) is 7.73. The highest BCUT2D eigenvalue weighted by atomic mass is 32.2. The molecule has 0 amide bonds. The summed E-state index contributed by atoms with van der Waals surface area (Å²) in [5.74, 6) is -2.13. The van der Waals surface area contributed by atoms with Gasteiger partial charge in [0.2, 0.25) is 5.88 Å². The number of ether oxygens (including phenoxy) is 2. The Morgan fingerprint density at radius 2 is 1.62 bits per heavy atom. The Balaban J connectivity index is 1.50. The maximum absolute atomic E-state index is 14.3. The number of hydrogen-bond donors (Lipinski definition) is 1. The predicted octanol–water partition coefficient (Wildman–Crippen LogP) is 6.76. The molecule has 3 heterocycles. The first-order valence-electron chi connectivity index (χ1n) is 12.9. The van der Waals surface area contributed by atoms with E-state index >= 15 is 0 Å². The summed E-state index contributed by atoms with van der Waals surface area (Å²) in [4.78, 5) is 12.6. The van der Waals surface area contributed by atoms with E-state index in [9.17, 15) is 17.2 Å². The maximum atomic E-state index is 14.3. The molecule has 0 aliphatic carbocycles. The molecule has 0 fully saturated rings. The highest BCUT2D eigenvalue weighted by molar-refractivity contribution is 7.92. The molecule has 5 aromatic rings. The van der Waals surface area contributed by atoms with Gasteiger partial charge in [0.05, 0.1) is 30.5 Å². The Morgan fingerprint density at radius 1 is 0.857 bits per heavy atom. The van der Waals surface area contributed by atoms with Crippen LogP contribution in [0.1, 0.15) is 26.5 Å². The fraction of sp³-hybridized carbons (Fsp3) is 0.194. The van der Waals surface area contributed by atoms with Gasteiger partial charge in [0.15, 0.2) is 0 Å². The van der Waals surface area contributed by atoms with Gasteiger partial charge >= 0.3 is 0 Å². The molecule has 42 heavy (non-hydrogen) atoms. The quantitative estimate of drug-likeness (QED) is 0.213. The maximum Gasteiger partial charge on any atom is 0.264 e. The minimum absolute atomic E-state index is 0.0116. The highest BCUT2D eigenvalue weighted by Crippen LogP contribution is 2.34. The van der Waals surface area contributed by atoms with E-state index in [0.717, 1.165) is 45.4 Å². The molecule has 8 nitrogen and oxygen atoms in total. The highest BCUT2D eigenvalue weighted by Gasteiger charge is 2.22. The summed E-state index contributed by atoms with van der Waals surface area (Å²) in [5, 5.41) is 0.849. The normalized spacial score (nSPS) is 12.0. The molecule has 216 valence electrons. The molecular weight excluding hydrogens is 562 g/mol. The van der Waals surface area contributed by atoms with E-state index in [4.69, 9.17) is 9.47 Å². The molecule has 0 saturated carbocycles. The number of halogens is 2. The second kappa shape index (κ2) is 11.4. The molecule has 5 rings (SSSR count). The Morgan fingerprint density at radius 3 is 2.31 bits per heavy atom. The van der Waals surface area contributed by atoms with Crippen molar-refractivity contribution in [1.82, 2.24) is 15.0 Å². The number of anilines is 1. The largest absolute Gasteiger partial charge is 0.480 e. The van der Waals surface area contributed by atoms with Crippen LogP contribution in [-0.4, -0.2) is 36.1 Å². The number of nitrogens with one attached hydrogen (secondary N) is 1. The summed E-state index contributed by atoms with van der Waals surface area (Å²) in [6.45, 7) is 6.37. The molecule has 0 aliphatic rings. The number of methoxy groups -OCH3 is 1. The monoisotopic (exact) mass is 590 g/mol. The first-order chi connectivity index (χ1) is 19.9. The molecule has 0 saturated heterocycles. The molecule has 11 heteroatoms. The van der Waals surface area contributed by atoms with Gasteiger partial charge in [0, 0.05) is 41.2 Å². The van der Waals surface area contributed by atoms with Gasteiger partial charge in [0.25, 0.3) is 10.0 Å². The minimum Gasteiger partial charge on any atom is -0.480 e. The summed E-state index contributed by atoms with van der Waals surface area (Å²) in [6, 6.07) is 15.2. The van der Waals surface area contributed by atoms with Crippen LogP contribution in [0.5, 0.6) is 5.88 Å². The molecule has 0 radical (unpaired) electrons. The molecule has 0 bridgehead atoms. The number of benzene rings is 2. The Kier molecular flexibility index (Phi) is 7.89. The first kappa shape index (κ1) is 29.0. The fourth-order valence-corrected chi connectivity index (χ4v) is 5.38. The molecule has 0 unspecified atom stereocenters. The van der Waals surface area contributed by atoms with Gasteiger partial charge in [-0.05, 0) is 74.4 Å². The average Bonchev–Trinajstić information content (AvgIpc) is 2.95. The molecule has 0 aliphatic heterocycles. The third-order valence-electron chi connectivity index (χ3n) is 6.34. The number of pyridine rings is 3. The number of aromatic nitrogens is 3. The minimum atomic E-state index is -4.42. The lowest BCUT2D eigenvalue weighted by Crippen LogP contribution is -2.19. The van der Waals surface area contributed by atoms with Crippen LogP contribution in [-0.2, 0) is 21.4 Å². The lowest BCUT2D eigenvalue weighted by molar-refractivity contribution is -0.0164. The van der Waals surface area contributed by atoms with Gasteiger partial charge in [-0.2, -0.15) is 0 Å². The SMILES string of the molecule is COc1ncc(-c2ccc3nccc(-c4ccc(COC(C)(C)C)nc4)c3c2)cc1NS(=O)(=O)c1ccc(F)cc1F. The number of hydrogen-bond acceptors (Lipinski definition) is 7. The molecule has 1 N–H and O–H groups in total. The van der Waals surface area contributed by atoms with Crippen LogP contribution in [0, 0.1) is 11.6 Å². The van der Waals surface area contributed by atoms with Gasteiger partial charge in [-0.1, -0.05) is 12.1 Å². The first-order valence-corrected chi connectivity index (χ1v) is 14.4. The van der Waals surface area contributed by atoms with Crippen molar-refractivity contribution in [3.63, 3.8) is 0 Å². The lowest BCUT2D eigenvalue weighted by Gasteiger charge is -2.19. The van der Waals surface area contributed by atoms with E-state index in [1.54, 1.807) is 12.4 Å². The van der Waals surface area contributed by atoms with Crippen molar-refractivity contribution in [2.45, 2.75) is 37.9 Å². The summed E-state index contributed by atoms with van der Waals surface area (Å²) < 4.78 is 66.9. The Hall–Kier alpha value is -4.48. The standard InChI is InChI=1S/C31H28F2N4O4S/c1-31(2,3)41-18-23-8-5-20(16-35-23)24-11-12-34-27-9-6-19(13-25(24)27)21-14-28(30(40-4)36-17-21)37-42(38,39)29-10-7-22(32)15-26(29)33/h5-17,37H,18H2,1-4H3. The van der Waals surface area contributed by atoms with E-state index in [0.29, 0.717) is 18.2 Å². The van der Waals surface area contributed by atoms with Crippen molar-refractivity contribution >= 4 is 26.6 Å². The van der Waals surface area contributed by atoms with Crippen molar-refractivity contribution < 1.29 is 26.7 Å². The zero-order valence-corrected chi connectivity index (χ0v) is 24.2. The molecular formula is C31H28F2N4O4S. The zero-order valence-electron chi connectivity index (χ0n) is 23.4. The van der Waals surface area contributed by atoms with Gasteiger partial charge in [-0.15, -0.1) is 0 Å². The average molecular weight is 591 g/mol. The number of sulfonamides is 1. The second-order valence-electron chi connectivity index (χ2n) is 10.5. The van der Waals surface area contributed by atoms with Gasteiger partial charge in [0.1, 0.15) is 22.2 Å². The molecule has 3 aromatic heterocycles. The summed E-state index contributed by atoms with van der Waals surface area (Å²) in [5.41, 5.74) is 4.38. The van der Waals surface area contributed by atoms with Crippen LogP contribution in [0.3, 0.4) is 0 Å². The molecule has 0 atom stereocenters. The van der Waals surface area contributed by atoms with Crippen LogP contribution >= 0.6 is 0 Å². The number of rotatable bonds is 8. The van der Waals surface area contributed by atoms with E-state index < -0.39 is 26.6 Å². The van der Waals surface area contributed by atoms with Crippen LogP contribution < -0.4 is 9.46 Å².